The molecule has 0 fully saturated rings. The van der Waals surface area contributed by atoms with Crippen molar-refractivity contribution in [1.29, 1.82) is 0 Å². The Labute approximate surface area is 199 Å². The maximum atomic E-state index is 11.8. The van der Waals surface area contributed by atoms with Gasteiger partial charge in [-0.2, -0.15) is 0 Å². The van der Waals surface area contributed by atoms with Crippen LogP contribution in [0.15, 0.2) is 60.7 Å². The third-order valence-corrected chi connectivity index (χ3v) is 5.51. The molecule has 33 heavy (non-hydrogen) atoms. The van der Waals surface area contributed by atoms with E-state index < -0.39 is 17.9 Å². The molecule has 0 spiro atoms. The number of allylic oxidation sites excluding steroid dienone is 2. The summed E-state index contributed by atoms with van der Waals surface area (Å²) in [6.07, 6.45) is 2.98. The molecule has 3 rings (SSSR count). The van der Waals surface area contributed by atoms with Gasteiger partial charge in [0.2, 0.25) is 0 Å². The molecule has 1 unspecified atom stereocenters. The van der Waals surface area contributed by atoms with Gasteiger partial charge < -0.3 is 19.3 Å². The van der Waals surface area contributed by atoms with Crippen LogP contribution in [0.3, 0.4) is 0 Å². The third kappa shape index (κ3) is 4.94. The van der Waals surface area contributed by atoms with Crippen LogP contribution in [0.25, 0.3) is 0 Å². The lowest BCUT2D eigenvalue weighted by Crippen LogP contribution is -2.17. The van der Waals surface area contributed by atoms with Gasteiger partial charge in [-0.05, 0) is 23.8 Å². The first kappa shape index (κ1) is 24.1. The van der Waals surface area contributed by atoms with E-state index in [1.54, 1.807) is 12.1 Å². The summed E-state index contributed by atoms with van der Waals surface area (Å²) in [6.45, 7) is 8.82. The van der Waals surface area contributed by atoms with Gasteiger partial charge in [-0.3, -0.25) is 9.59 Å². The fraction of sp³-hybridized carbons (Fsp3) is 0.125. The first-order valence-corrected chi connectivity index (χ1v) is 10.3. The minimum Gasteiger partial charge on any atom is -0.478 e. The molecule has 1 aliphatic rings. The molecule has 9 heteroatoms. The fourth-order valence-electron chi connectivity index (χ4n) is 3.50. The van der Waals surface area contributed by atoms with Crippen LogP contribution in [-0.2, 0) is 25.7 Å². The zero-order valence-corrected chi connectivity index (χ0v) is 18.9. The Morgan fingerprint density at radius 2 is 1.79 bits per heavy atom. The van der Waals surface area contributed by atoms with Crippen molar-refractivity contribution < 1.29 is 33.7 Å². The monoisotopic (exact) mass is 488 g/mol. The number of rotatable bonds is 8. The Hall–Kier alpha value is -3.55. The van der Waals surface area contributed by atoms with Crippen molar-refractivity contribution in [3.05, 3.63) is 87.5 Å². The summed E-state index contributed by atoms with van der Waals surface area (Å²) < 4.78 is 16.0. The molecular formula is C24H18Cl2O7. The van der Waals surface area contributed by atoms with Gasteiger partial charge in [0.05, 0.1) is 10.6 Å². The summed E-state index contributed by atoms with van der Waals surface area (Å²) in [5, 5.41) is 10.0. The first-order chi connectivity index (χ1) is 15.7. The van der Waals surface area contributed by atoms with Gasteiger partial charge in [0.25, 0.3) is 6.47 Å². The van der Waals surface area contributed by atoms with E-state index in [9.17, 15) is 19.5 Å². The second kappa shape index (κ2) is 9.94. The van der Waals surface area contributed by atoms with E-state index in [1.165, 1.54) is 31.2 Å². The molecule has 0 saturated carbocycles. The Bertz CT molecular complexity index is 1210. The van der Waals surface area contributed by atoms with Crippen LogP contribution in [0.4, 0.5) is 0 Å². The summed E-state index contributed by atoms with van der Waals surface area (Å²) in [5.74, 6) is -1.79. The lowest BCUT2D eigenvalue weighted by Gasteiger charge is -2.31. The molecule has 0 bridgehead atoms. The highest BCUT2D eigenvalue weighted by Gasteiger charge is 2.34. The van der Waals surface area contributed by atoms with E-state index in [0.717, 1.165) is 0 Å². The number of halogens is 2. The number of aliphatic carboxylic acids is 1. The molecule has 2 aromatic carbocycles. The molecule has 1 heterocycles. The van der Waals surface area contributed by atoms with Gasteiger partial charge in [-0.1, -0.05) is 48.5 Å². The number of fused-ring (bicyclic) bond motifs is 2. The molecule has 0 amide bonds. The van der Waals surface area contributed by atoms with Crippen LogP contribution in [-0.4, -0.2) is 23.5 Å². The van der Waals surface area contributed by atoms with Crippen molar-refractivity contribution in [2.45, 2.75) is 19.4 Å². The zero-order chi connectivity index (χ0) is 24.3. The van der Waals surface area contributed by atoms with Crippen LogP contribution < -0.4 is 9.47 Å². The zero-order valence-electron chi connectivity index (χ0n) is 17.4. The normalized spacial score (nSPS) is 14.3. The summed E-state index contributed by atoms with van der Waals surface area (Å²) in [5.41, 5.74) is 1.68. The minimum atomic E-state index is -1.22. The lowest BCUT2D eigenvalue weighted by molar-refractivity contribution is -0.133. The number of benzene rings is 2. The maximum Gasteiger partial charge on any atom is 0.335 e. The van der Waals surface area contributed by atoms with Gasteiger partial charge in [0, 0.05) is 40.6 Å². The second-order valence-electron chi connectivity index (χ2n) is 6.98. The summed E-state index contributed by atoms with van der Waals surface area (Å²) in [7, 11) is 0. The Balaban J connectivity index is 2.29. The summed E-state index contributed by atoms with van der Waals surface area (Å²) >= 11 is 12.8. The molecular weight excluding hydrogens is 471 g/mol. The van der Waals surface area contributed by atoms with E-state index >= 15 is 0 Å². The van der Waals surface area contributed by atoms with Gasteiger partial charge in [-0.15, -0.1) is 0 Å². The third-order valence-electron chi connectivity index (χ3n) is 4.86. The Morgan fingerprint density at radius 3 is 2.36 bits per heavy atom. The number of esters is 1. The summed E-state index contributed by atoms with van der Waals surface area (Å²) in [4.78, 5) is 33.9. The van der Waals surface area contributed by atoms with Gasteiger partial charge >= 0.3 is 11.9 Å². The molecule has 2 aromatic rings. The molecule has 0 aliphatic carbocycles. The predicted octanol–water partition coefficient (Wildman–Crippen LogP) is 5.58. The number of ether oxygens (including phenoxy) is 3. The highest BCUT2D eigenvalue weighted by molar-refractivity contribution is 6.32. The number of carbonyl (C=O) groups is 3. The van der Waals surface area contributed by atoms with Crippen LogP contribution >= 0.6 is 23.2 Å². The average molecular weight is 489 g/mol. The van der Waals surface area contributed by atoms with Crippen molar-refractivity contribution in [3.8, 4) is 17.2 Å². The van der Waals surface area contributed by atoms with Crippen LogP contribution in [0, 0.1) is 0 Å². The summed E-state index contributed by atoms with van der Waals surface area (Å²) in [6, 6.07) is 6.17. The quantitative estimate of drug-likeness (QED) is 0.170. The molecule has 0 saturated heterocycles. The SMILES string of the molecule is C=C/C=C(\C(=C)C(=O)O)C1c2cc(Cl)c(COC=O)cc2Oc2cc(OC(C)=O)c(Cl)cc21. The molecule has 0 aromatic heterocycles. The lowest BCUT2D eigenvalue weighted by atomic mass is 9.79. The van der Waals surface area contributed by atoms with E-state index in [1.807, 2.05) is 0 Å². The Kier molecular flexibility index (Phi) is 7.26. The second-order valence-corrected chi connectivity index (χ2v) is 7.79. The van der Waals surface area contributed by atoms with Crippen LogP contribution in [0.2, 0.25) is 10.0 Å². The predicted molar refractivity (Wildman–Crippen MR) is 122 cm³/mol. The van der Waals surface area contributed by atoms with Crippen LogP contribution in [0.1, 0.15) is 29.5 Å². The van der Waals surface area contributed by atoms with E-state index in [4.69, 9.17) is 37.4 Å². The number of carboxylic acid groups (broad SMARTS) is 1. The van der Waals surface area contributed by atoms with Crippen LogP contribution in [0.5, 0.6) is 17.2 Å². The average Bonchev–Trinajstić information content (AvgIpc) is 2.75. The minimum absolute atomic E-state index is 0.0786. The van der Waals surface area contributed by atoms with Crippen molar-refractivity contribution in [2.24, 2.45) is 0 Å². The maximum absolute atomic E-state index is 11.8. The first-order valence-electron chi connectivity index (χ1n) is 9.50. The van der Waals surface area contributed by atoms with Gasteiger partial charge in [0.1, 0.15) is 18.1 Å². The highest BCUT2D eigenvalue weighted by atomic mass is 35.5. The van der Waals surface area contributed by atoms with Crippen molar-refractivity contribution >= 4 is 41.6 Å². The molecule has 1 N–H and O–H groups in total. The molecule has 7 nitrogen and oxygen atoms in total. The molecule has 1 atom stereocenters. The topological polar surface area (TPSA) is 99.1 Å². The molecule has 1 aliphatic heterocycles. The number of carboxylic acids is 1. The highest BCUT2D eigenvalue weighted by Crippen LogP contribution is 2.52. The number of hydrogen-bond acceptors (Lipinski definition) is 6. The molecule has 0 radical (unpaired) electrons. The van der Waals surface area contributed by atoms with Crippen molar-refractivity contribution in [2.75, 3.05) is 0 Å². The van der Waals surface area contributed by atoms with Crippen molar-refractivity contribution in [1.82, 2.24) is 0 Å². The van der Waals surface area contributed by atoms with Gasteiger partial charge in [-0.25, -0.2) is 4.79 Å². The largest absolute Gasteiger partial charge is 0.478 e. The Morgan fingerprint density at radius 1 is 1.15 bits per heavy atom. The van der Waals surface area contributed by atoms with Gasteiger partial charge in [0.15, 0.2) is 5.75 Å². The fourth-order valence-corrected chi connectivity index (χ4v) is 3.94. The number of hydrogen-bond donors (Lipinski definition) is 1. The smallest absolute Gasteiger partial charge is 0.335 e. The van der Waals surface area contributed by atoms with Crippen molar-refractivity contribution in [3.63, 3.8) is 0 Å². The standard InChI is InChI=1S/C24H18Cl2O7/c1-4-5-15(12(2)24(29)30)23-16-7-18(25)14(10-31-11-27)6-20(16)33-21-9-22(32-13(3)28)19(26)8-17(21)23/h4-9,11,23H,1-2,10H2,3H3,(H,29,30)/b15-5+. The number of carbonyl (C=O) groups excluding carboxylic acids is 2. The van der Waals surface area contributed by atoms with E-state index in [0.29, 0.717) is 34.5 Å². The molecule has 170 valence electrons. The van der Waals surface area contributed by atoms with E-state index in [-0.39, 0.29) is 33.7 Å². The van der Waals surface area contributed by atoms with E-state index in [2.05, 4.69) is 13.2 Å².